The number of nitro benzene ring substituents is 1. The van der Waals surface area contributed by atoms with E-state index in [-0.39, 0.29) is 17.3 Å². The molecule has 0 aliphatic carbocycles. The van der Waals surface area contributed by atoms with Crippen molar-refractivity contribution in [1.82, 2.24) is 5.32 Å². The first-order chi connectivity index (χ1) is 13.9. The molecular weight excluding hydrogens is 374 g/mol. The van der Waals surface area contributed by atoms with Gasteiger partial charge in [-0.1, -0.05) is 43.7 Å². The van der Waals surface area contributed by atoms with Gasteiger partial charge in [-0.05, 0) is 25.0 Å². The van der Waals surface area contributed by atoms with Gasteiger partial charge in [-0.25, -0.2) is 4.79 Å². The molecule has 1 atom stereocenters. The second kappa shape index (κ2) is 10.8. The fourth-order valence-electron chi connectivity index (χ4n) is 2.79. The van der Waals surface area contributed by atoms with Gasteiger partial charge >= 0.3 is 5.97 Å². The summed E-state index contributed by atoms with van der Waals surface area (Å²) in [7, 11) is 0. The first kappa shape index (κ1) is 21.9. The van der Waals surface area contributed by atoms with E-state index in [2.05, 4.69) is 10.6 Å². The Morgan fingerprint density at radius 2 is 1.90 bits per heavy atom. The van der Waals surface area contributed by atoms with Crippen LogP contribution in [-0.2, 0) is 16.1 Å². The van der Waals surface area contributed by atoms with E-state index in [1.54, 1.807) is 0 Å². The Kier molecular flexibility index (Phi) is 8.14. The molecule has 0 aliphatic heterocycles. The minimum Gasteiger partial charge on any atom is -0.452 e. The smallest absolute Gasteiger partial charge is 0.341 e. The van der Waals surface area contributed by atoms with Crippen molar-refractivity contribution in [1.29, 1.82) is 0 Å². The summed E-state index contributed by atoms with van der Waals surface area (Å²) >= 11 is 0. The third kappa shape index (κ3) is 6.91. The number of amides is 1. The van der Waals surface area contributed by atoms with Crippen LogP contribution in [0.5, 0.6) is 0 Å². The number of carbonyl (C=O) groups excluding carboxylic acids is 2. The van der Waals surface area contributed by atoms with Crippen LogP contribution in [0.2, 0.25) is 0 Å². The number of benzene rings is 2. The molecule has 154 valence electrons. The molecule has 0 heterocycles. The topological polar surface area (TPSA) is 111 Å². The monoisotopic (exact) mass is 399 g/mol. The van der Waals surface area contributed by atoms with Crippen LogP contribution < -0.4 is 10.6 Å². The highest BCUT2D eigenvalue weighted by molar-refractivity contribution is 5.97. The lowest BCUT2D eigenvalue weighted by Gasteiger charge is -2.14. The molecule has 8 heteroatoms. The van der Waals surface area contributed by atoms with Gasteiger partial charge in [0.05, 0.1) is 10.5 Å². The Balaban J connectivity index is 2.08. The number of hydrogen-bond acceptors (Lipinski definition) is 6. The van der Waals surface area contributed by atoms with E-state index in [4.69, 9.17) is 4.74 Å². The van der Waals surface area contributed by atoms with E-state index in [9.17, 15) is 19.7 Å². The van der Waals surface area contributed by atoms with Crippen molar-refractivity contribution in [3.8, 4) is 0 Å². The number of anilines is 1. The zero-order valence-corrected chi connectivity index (χ0v) is 16.5. The highest BCUT2D eigenvalue weighted by Crippen LogP contribution is 2.23. The molecule has 1 amide bonds. The summed E-state index contributed by atoms with van der Waals surface area (Å²) in [5.41, 5.74) is 1.14. The molecule has 0 radical (unpaired) electrons. The van der Waals surface area contributed by atoms with E-state index >= 15 is 0 Å². The minimum absolute atomic E-state index is 0.00420. The Hall–Kier alpha value is -3.42. The predicted molar refractivity (Wildman–Crippen MR) is 110 cm³/mol. The van der Waals surface area contributed by atoms with Gasteiger partial charge in [-0.2, -0.15) is 0 Å². The molecule has 2 aromatic rings. The maximum Gasteiger partial charge on any atom is 0.341 e. The average molecular weight is 399 g/mol. The minimum atomic E-state index is -0.803. The van der Waals surface area contributed by atoms with Gasteiger partial charge in [0.1, 0.15) is 0 Å². The zero-order valence-electron chi connectivity index (χ0n) is 16.5. The standard InChI is InChI=1S/C21H25N3O5/c1-3-7-15(2)23-20(25)14-29-21(26)18-12-17(24(27)28)10-11-19(18)22-13-16-8-5-4-6-9-16/h4-6,8-12,15,22H,3,7,13-14H2,1-2H3,(H,23,25)/t15-/m0/s1. The molecule has 2 N–H and O–H groups in total. The first-order valence-electron chi connectivity index (χ1n) is 9.43. The van der Waals surface area contributed by atoms with Crippen LogP contribution in [0.1, 0.15) is 42.6 Å². The van der Waals surface area contributed by atoms with Gasteiger partial charge in [0.25, 0.3) is 11.6 Å². The number of ether oxygens (including phenoxy) is 1. The summed E-state index contributed by atoms with van der Waals surface area (Å²) in [6.45, 7) is 3.85. The lowest BCUT2D eigenvalue weighted by molar-refractivity contribution is -0.384. The van der Waals surface area contributed by atoms with Crippen molar-refractivity contribution in [3.63, 3.8) is 0 Å². The molecule has 8 nitrogen and oxygen atoms in total. The summed E-state index contributed by atoms with van der Waals surface area (Å²) in [6.07, 6.45) is 1.74. The van der Waals surface area contributed by atoms with Crippen LogP contribution in [0.15, 0.2) is 48.5 Å². The fourth-order valence-corrected chi connectivity index (χ4v) is 2.79. The second-order valence-electron chi connectivity index (χ2n) is 6.66. The second-order valence-corrected chi connectivity index (χ2v) is 6.66. The molecule has 0 bridgehead atoms. The van der Waals surface area contributed by atoms with Crippen molar-refractivity contribution in [2.75, 3.05) is 11.9 Å². The highest BCUT2D eigenvalue weighted by atomic mass is 16.6. The predicted octanol–water partition coefficient (Wildman–Crippen LogP) is 3.67. The van der Waals surface area contributed by atoms with Crippen molar-refractivity contribution in [2.24, 2.45) is 0 Å². The Morgan fingerprint density at radius 1 is 1.17 bits per heavy atom. The summed E-state index contributed by atoms with van der Waals surface area (Å²) < 4.78 is 5.08. The number of esters is 1. The molecule has 0 fully saturated rings. The molecule has 2 aromatic carbocycles. The number of nitrogens with one attached hydrogen (secondary N) is 2. The van der Waals surface area contributed by atoms with Gasteiger partial charge in [0.2, 0.25) is 0 Å². The number of nitrogens with zero attached hydrogens (tertiary/aromatic N) is 1. The summed E-state index contributed by atoms with van der Waals surface area (Å²) in [6, 6.07) is 13.4. The molecular formula is C21H25N3O5. The molecule has 0 spiro atoms. The van der Waals surface area contributed by atoms with Gasteiger partial charge in [0.15, 0.2) is 6.61 Å². The number of rotatable bonds is 10. The number of nitro groups is 1. The van der Waals surface area contributed by atoms with Gasteiger partial charge < -0.3 is 15.4 Å². The fraction of sp³-hybridized carbons (Fsp3) is 0.333. The number of non-ortho nitro benzene ring substituents is 1. The molecule has 0 aliphatic rings. The van der Waals surface area contributed by atoms with Crippen molar-refractivity contribution >= 4 is 23.3 Å². The molecule has 0 aromatic heterocycles. The number of carbonyl (C=O) groups is 2. The quantitative estimate of drug-likeness (QED) is 0.358. The van der Waals surface area contributed by atoms with Crippen LogP contribution in [0.4, 0.5) is 11.4 Å². The van der Waals surface area contributed by atoms with Crippen molar-refractivity contribution in [2.45, 2.75) is 39.3 Å². The summed E-state index contributed by atoms with van der Waals surface area (Å²) in [4.78, 5) is 34.9. The van der Waals surface area contributed by atoms with Gasteiger partial charge in [-0.3, -0.25) is 14.9 Å². The SMILES string of the molecule is CCC[C@H](C)NC(=O)COC(=O)c1cc([N+](=O)[O-])ccc1NCc1ccccc1. The zero-order chi connectivity index (χ0) is 21.2. The summed E-state index contributed by atoms with van der Waals surface area (Å²) in [5.74, 6) is -1.22. The Morgan fingerprint density at radius 3 is 2.55 bits per heavy atom. The van der Waals surface area contributed by atoms with Crippen LogP contribution >= 0.6 is 0 Å². The largest absolute Gasteiger partial charge is 0.452 e. The molecule has 2 rings (SSSR count). The van der Waals surface area contributed by atoms with Gasteiger partial charge in [0, 0.05) is 30.4 Å². The molecule has 0 saturated carbocycles. The molecule has 0 unspecified atom stereocenters. The third-order valence-corrected chi connectivity index (χ3v) is 4.22. The van der Waals surface area contributed by atoms with E-state index < -0.39 is 23.4 Å². The van der Waals surface area contributed by atoms with E-state index in [0.29, 0.717) is 12.2 Å². The van der Waals surface area contributed by atoms with Crippen LogP contribution in [0, 0.1) is 10.1 Å². The lowest BCUT2D eigenvalue weighted by atomic mass is 10.1. The molecule has 29 heavy (non-hydrogen) atoms. The molecule has 0 saturated heterocycles. The number of hydrogen-bond donors (Lipinski definition) is 2. The van der Waals surface area contributed by atoms with Crippen LogP contribution in [0.3, 0.4) is 0 Å². The average Bonchev–Trinajstić information content (AvgIpc) is 2.71. The Bertz CT molecular complexity index is 855. The maximum atomic E-state index is 12.5. The van der Waals surface area contributed by atoms with Crippen molar-refractivity contribution < 1.29 is 19.2 Å². The van der Waals surface area contributed by atoms with E-state index in [1.807, 2.05) is 44.2 Å². The lowest BCUT2D eigenvalue weighted by Crippen LogP contribution is -2.35. The van der Waals surface area contributed by atoms with E-state index in [1.165, 1.54) is 12.1 Å². The summed E-state index contributed by atoms with van der Waals surface area (Å²) in [5, 5.41) is 16.9. The maximum absolute atomic E-state index is 12.5. The van der Waals surface area contributed by atoms with Crippen LogP contribution in [-0.4, -0.2) is 29.4 Å². The Labute approximate surface area is 169 Å². The van der Waals surface area contributed by atoms with Crippen molar-refractivity contribution in [3.05, 3.63) is 69.8 Å². The first-order valence-corrected chi connectivity index (χ1v) is 9.43. The van der Waals surface area contributed by atoms with Gasteiger partial charge in [-0.15, -0.1) is 0 Å². The normalized spacial score (nSPS) is 11.4. The third-order valence-electron chi connectivity index (χ3n) is 4.22. The van der Waals surface area contributed by atoms with E-state index in [0.717, 1.165) is 24.5 Å². The van der Waals surface area contributed by atoms with Crippen LogP contribution in [0.25, 0.3) is 0 Å². The highest BCUT2D eigenvalue weighted by Gasteiger charge is 2.19.